The summed E-state index contributed by atoms with van der Waals surface area (Å²) >= 11 is 0. The van der Waals surface area contributed by atoms with E-state index < -0.39 is 0 Å². The largest absolute Gasteiger partial charge is 0.310 e. The van der Waals surface area contributed by atoms with Crippen molar-refractivity contribution in [3.63, 3.8) is 0 Å². The maximum atomic E-state index is 3.66. The highest BCUT2D eigenvalue weighted by atomic mass is 14.9. The lowest BCUT2D eigenvalue weighted by atomic mass is 10.0. The van der Waals surface area contributed by atoms with Crippen molar-refractivity contribution in [3.05, 3.63) is 35.4 Å². The standard InChI is InChI=1S/C15H23N/c1-11-7-5-6-8-14(11)12(2)16-10-13-9-15(13,3)4/h5-8,12-13,16H,9-10H2,1-4H3. The molecule has 88 valence electrons. The molecule has 1 aromatic rings. The fraction of sp³-hybridized carbons (Fsp3) is 0.600. The number of hydrogen-bond acceptors (Lipinski definition) is 1. The third-order valence-electron chi connectivity index (χ3n) is 4.04. The predicted molar refractivity (Wildman–Crippen MR) is 69.5 cm³/mol. The summed E-state index contributed by atoms with van der Waals surface area (Å²) in [4.78, 5) is 0. The van der Waals surface area contributed by atoms with Crippen molar-refractivity contribution in [1.29, 1.82) is 0 Å². The van der Waals surface area contributed by atoms with Gasteiger partial charge in [-0.25, -0.2) is 0 Å². The van der Waals surface area contributed by atoms with E-state index in [2.05, 4.69) is 57.3 Å². The quantitative estimate of drug-likeness (QED) is 0.811. The molecule has 0 aliphatic heterocycles. The molecule has 0 bridgehead atoms. The molecule has 2 atom stereocenters. The molecule has 0 saturated heterocycles. The van der Waals surface area contributed by atoms with Gasteiger partial charge in [0.2, 0.25) is 0 Å². The summed E-state index contributed by atoms with van der Waals surface area (Å²) < 4.78 is 0. The van der Waals surface area contributed by atoms with Crippen LogP contribution in [0.1, 0.15) is 44.4 Å². The second-order valence-electron chi connectivity index (χ2n) is 5.88. The molecule has 1 aliphatic rings. The van der Waals surface area contributed by atoms with Crippen LogP contribution in [-0.4, -0.2) is 6.54 Å². The zero-order valence-electron chi connectivity index (χ0n) is 10.9. The van der Waals surface area contributed by atoms with E-state index in [1.807, 2.05) is 0 Å². The topological polar surface area (TPSA) is 12.0 Å². The molecule has 2 unspecified atom stereocenters. The number of benzene rings is 1. The summed E-state index contributed by atoms with van der Waals surface area (Å²) in [6, 6.07) is 9.12. The van der Waals surface area contributed by atoms with Crippen molar-refractivity contribution in [2.24, 2.45) is 11.3 Å². The van der Waals surface area contributed by atoms with E-state index in [0.29, 0.717) is 11.5 Å². The predicted octanol–water partition coefficient (Wildman–Crippen LogP) is 3.69. The fourth-order valence-corrected chi connectivity index (χ4v) is 2.43. The number of rotatable bonds is 4. The molecule has 1 aromatic carbocycles. The fourth-order valence-electron chi connectivity index (χ4n) is 2.43. The summed E-state index contributed by atoms with van der Waals surface area (Å²) in [5.74, 6) is 0.874. The molecular weight excluding hydrogens is 194 g/mol. The monoisotopic (exact) mass is 217 g/mol. The Labute approximate surface area is 99.3 Å². The Kier molecular flexibility index (Phi) is 3.07. The average molecular weight is 217 g/mol. The van der Waals surface area contributed by atoms with Crippen LogP contribution in [0, 0.1) is 18.3 Å². The van der Waals surface area contributed by atoms with E-state index in [4.69, 9.17) is 0 Å². The van der Waals surface area contributed by atoms with Gasteiger partial charge in [0.15, 0.2) is 0 Å². The lowest BCUT2D eigenvalue weighted by Gasteiger charge is -2.17. The summed E-state index contributed by atoms with van der Waals surface area (Å²) in [5, 5.41) is 3.66. The second-order valence-corrected chi connectivity index (χ2v) is 5.88. The minimum absolute atomic E-state index is 0.470. The molecule has 1 heteroatoms. The Morgan fingerprint density at radius 1 is 1.38 bits per heavy atom. The van der Waals surface area contributed by atoms with E-state index in [9.17, 15) is 0 Å². The van der Waals surface area contributed by atoms with E-state index >= 15 is 0 Å². The van der Waals surface area contributed by atoms with Crippen LogP contribution in [0.15, 0.2) is 24.3 Å². The van der Waals surface area contributed by atoms with Gasteiger partial charge < -0.3 is 5.32 Å². The van der Waals surface area contributed by atoms with Gasteiger partial charge in [0.25, 0.3) is 0 Å². The van der Waals surface area contributed by atoms with Crippen molar-refractivity contribution in [1.82, 2.24) is 5.32 Å². The maximum Gasteiger partial charge on any atom is 0.0294 e. The van der Waals surface area contributed by atoms with Crippen LogP contribution in [0.25, 0.3) is 0 Å². The van der Waals surface area contributed by atoms with Crippen LogP contribution in [0.4, 0.5) is 0 Å². The highest BCUT2D eigenvalue weighted by molar-refractivity contribution is 5.28. The average Bonchev–Trinajstić information content (AvgIpc) is 2.84. The first-order chi connectivity index (χ1) is 7.50. The van der Waals surface area contributed by atoms with Crippen molar-refractivity contribution in [2.45, 2.75) is 40.2 Å². The zero-order chi connectivity index (χ0) is 11.8. The van der Waals surface area contributed by atoms with Crippen molar-refractivity contribution in [2.75, 3.05) is 6.54 Å². The van der Waals surface area contributed by atoms with Crippen LogP contribution in [0.5, 0.6) is 0 Å². The van der Waals surface area contributed by atoms with Gasteiger partial charge in [0, 0.05) is 6.04 Å². The molecule has 1 N–H and O–H groups in total. The molecule has 0 spiro atoms. The minimum atomic E-state index is 0.470. The van der Waals surface area contributed by atoms with Gasteiger partial charge in [-0.1, -0.05) is 38.1 Å². The first-order valence-electron chi connectivity index (χ1n) is 6.29. The van der Waals surface area contributed by atoms with Crippen LogP contribution >= 0.6 is 0 Å². The molecule has 2 rings (SSSR count). The molecule has 16 heavy (non-hydrogen) atoms. The Morgan fingerprint density at radius 2 is 2.00 bits per heavy atom. The van der Waals surface area contributed by atoms with E-state index in [0.717, 1.165) is 12.5 Å². The van der Waals surface area contributed by atoms with Gasteiger partial charge in [-0.15, -0.1) is 0 Å². The van der Waals surface area contributed by atoms with E-state index in [1.54, 1.807) is 0 Å². The maximum absolute atomic E-state index is 3.66. The summed E-state index contributed by atoms with van der Waals surface area (Å²) in [5.41, 5.74) is 3.40. The third-order valence-corrected chi connectivity index (χ3v) is 4.04. The number of aryl methyl sites for hydroxylation is 1. The molecule has 0 amide bonds. The summed E-state index contributed by atoms with van der Waals surface area (Å²) in [7, 11) is 0. The normalized spacial score (nSPS) is 24.1. The lowest BCUT2D eigenvalue weighted by Crippen LogP contribution is -2.23. The van der Waals surface area contributed by atoms with Crippen LogP contribution in [-0.2, 0) is 0 Å². The lowest BCUT2D eigenvalue weighted by molar-refractivity contribution is 0.484. The van der Waals surface area contributed by atoms with Gasteiger partial charge >= 0.3 is 0 Å². The van der Waals surface area contributed by atoms with E-state index in [1.165, 1.54) is 17.5 Å². The van der Waals surface area contributed by atoms with Gasteiger partial charge in [-0.3, -0.25) is 0 Å². The molecule has 1 fully saturated rings. The van der Waals surface area contributed by atoms with Crippen LogP contribution in [0.2, 0.25) is 0 Å². The molecular formula is C15H23N. The Balaban J connectivity index is 1.89. The Bertz CT molecular complexity index is 367. The Morgan fingerprint density at radius 3 is 2.56 bits per heavy atom. The molecule has 0 heterocycles. The van der Waals surface area contributed by atoms with Crippen molar-refractivity contribution >= 4 is 0 Å². The molecule has 1 saturated carbocycles. The molecule has 0 aromatic heterocycles. The SMILES string of the molecule is Cc1ccccc1C(C)NCC1CC1(C)C. The minimum Gasteiger partial charge on any atom is -0.310 e. The van der Waals surface area contributed by atoms with Gasteiger partial charge in [0.05, 0.1) is 0 Å². The first kappa shape index (κ1) is 11.7. The second kappa shape index (κ2) is 4.21. The van der Waals surface area contributed by atoms with Crippen LogP contribution < -0.4 is 5.32 Å². The smallest absolute Gasteiger partial charge is 0.0294 e. The van der Waals surface area contributed by atoms with Crippen molar-refractivity contribution in [3.8, 4) is 0 Å². The number of nitrogens with one attached hydrogen (secondary N) is 1. The Hall–Kier alpha value is -0.820. The van der Waals surface area contributed by atoms with Gasteiger partial charge in [-0.05, 0) is 49.3 Å². The molecule has 1 aliphatic carbocycles. The van der Waals surface area contributed by atoms with Gasteiger partial charge in [0.1, 0.15) is 0 Å². The molecule has 1 nitrogen and oxygen atoms in total. The van der Waals surface area contributed by atoms with Gasteiger partial charge in [-0.2, -0.15) is 0 Å². The zero-order valence-corrected chi connectivity index (χ0v) is 10.9. The summed E-state index contributed by atoms with van der Waals surface area (Å²) in [6.07, 6.45) is 1.38. The highest BCUT2D eigenvalue weighted by Gasteiger charge is 2.44. The molecule has 0 radical (unpaired) electrons. The summed E-state index contributed by atoms with van der Waals surface area (Å²) in [6.45, 7) is 10.3. The highest BCUT2D eigenvalue weighted by Crippen LogP contribution is 2.51. The third kappa shape index (κ3) is 2.46. The first-order valence-corrected chi connectivity index (χ1v) is 6.29. The van der Waals surface area contributed by atoms with E-state index in [-0.39, 0.29) is 0 Å². The van der Waals surface area contributed by atoms with Crippen LogP contribution in [0.3, 0.4) is 0 Å². The number of hydrogen-bond donors (Lipinski definition) is 1. The van der Waals surface area contributed by atoms with Crippen molar-refractivity contribution < 1.29 is 0 Å².